The van der Waals surface area contributed by atoms with Crippen molar-refractivity contribution in [2.24, 2.45) is 0 Å². The van der Waals surface area contributed by atoms with Gasteiger partial charge >= 0.3 is 0 Å². The fourth-order valence-electron chi connectivity index (χ4n) is 4.78. The number of unbranched alkanes of at least 4 members (excludes halogenated alkanes) is 1. The number of nitrogens with one attached hydrogen (secondary N) is 1. The molecule has 1 aliphatic rings. The van der Waals surface area contributed by atoms with Gasteiger partial charge in [0.05, 0.1) is 12.8 Å². The predicted molar refractivity (Wildman–Crippen MR) is 144 cm³/mol. The van der Waals surface area contributed by atoms with Gasteiger partial charge in [-0.2, -0.15) is 0 Å². The summed E-state index contributed by atoms with van der Waals surface area (Å²) in [6.07, 6.45) is 2.54. The fraction of sp³-hybridized carbons (Fsp3) is 0.367. The summed E-state index contributed by atoms with van der Waals surface area (Å²) in [5.74, 6) is 1.07. The van der Waals surface area contributed by atoms with Crippen LogP contribution >= 0.6 is 0 Å². The number of anilines is 1. The number of hydrogen-bond acceptors (Lipinski definition) is 4. The van der Waals surface area contributed by atoms with Gasteiger partial charge in [0.2, 0.25) is 5.91 Å². The van der Waals surface area contributed by atoms with E-state index in [1.54, 1.807) is 7.11 Å². The lowest BCUT2D eigenvalue weighted by Crippen LogP contribution is -2.46. The van der Waals surface area contributed by atoms with E-state index in [1.807, 2.05) is 18.2 Å². The van der Waals surface area contributed by atoms with Crippen molar-refractivity contribution in [2.45, 2.75) is 32.7 Å². The maximum absolute atomic E-state index is 12.5. The molecule has 3 aromatic rings. The summed E-state index contributed by atoms with van der Waals surface area (Å²) in [5, 5.41) is 3.13. The van der Waals surface area contributed by atoms with Gasteiger partial charge in [0.25, 0.3) is 0 Å². The third-order valence-corrected chi connectivity index (χ3v) is 6.75. The van der Waals surface area contributed by atoms with Crippen LogP contribution < -0.4 is 15.0 Å². The van der Waals surface area contributed by atoms with Gasteiger partial charge in [0.1, 0.15) is 5.75 Å². The molecule has 0 spiro atoms. The van der Waals surface area contributed by atoms with Gasteiger partial charge in [-0.25, -0.2) is 0 Å². The Hall–Kier alpha value is -3.31. The number of rotatable bonds is 10. The number of carbonyl (C=O) groups excluding carboxylic acids is 1. The van der Waals surface area contributed by atoms with Crippen LogP contribution in [0.25, 0.3) is 11.1 Å². The molecule has 3 aromatic carbocycles. The minimum Gasteiger partial charge on any atom is -0.495 e. The summed E-state index contributed by atoms with van der Waals surface area (Å²) in [7, 11) is 1.73. The highest BCUT2D eigenvalue weighted by Crippen LogP contribution is 2.28. The Kier molecular flexibility index (Phi) is 8.79. The van der Waals surface area contributed by atoms with Crippen LogP contribution in [0.3, 0.4) is 0 Å². The molecular formula is C30H37N3O2. The van der Waals surface area contributed by atoms with Crippen LogP contribution in [0, 0.1) is 6.92 Å². The van der Waals surface area contributed by atoms with Gasteiger partial charge in [-0.05, 0) is 55.1 Å². The van der Waals surface area contributed by atoms with Gasteiger partial charge in [0.15, 0.2) is 0 Å². The minimum absolute atomic E-state index is 0.130. The van der Waals surface area contributed by atoms with E-state index in [4.69, 9.17) is 4.74 Å². The van der Waals surface area contributed by atoms with Crippen molar-refractivity contribution >= 4 is 11.6 Å². The van der Waals surface area contributed by atoms with Crippen LogP contribution in [0.1, 0.15) is 30.4 Å². The molecule has 35 heavy (non-hydrogen) atoms. The van der Waals surface area contributed by atoms with Gasteiger partial charge in [0, 0.05) is 39.1 Å². The van der Waals surface area contributed by atoms with E-state index in [2.05, 4.69) is 76.6 Å². The molecule has 1 aliphatic heterocycles. The van der Waals surface area contributed by atoms with Crippen molar-refractivity contribution in [3.05, 3.63) is 83.9 Å². The fourth-order valence-corrected chi connectivity index (χ4v) is 4.78. The SMILES string of the molecule is COc1ccccc1N1CCN(CCCCC(=O)NCc2ccccc2-c2cccc(C)c2)CC1. The number of nitrogens with zero attached hydrogens (tertiary/aromatic N) is 2. The lowest BCUT2D eigenvalue weighted by atomic mass is 9.98. The van der Waals surface area contributed by atoms with Gasteiger partial charge < -0.3 is 15.0 Å². The molecule has 5 heteroatoms. The van der Waals surface area contributed by atoms with E-state index in [-0.39, 0.29) is 5.91 Å². The highest BCUT2D eigenvalue weighted by Gasteiger charge is 2.19. The number of piperazine rings is 1. The zero-order chi connectivity index (χ0) is 24.5. The Balaban J connectivity index is 1.16. The Morgan fingerprint density at radius 2 is 1.69 bits per heavy atom. The molecule has 4 rings (SSSR count). The molecule has 1 N–H and O–H groups in total. The molecule has 0 aromatic heterocycles. The summed E-state index contributed by atoms with van der Waals surface area (Å²) in [4.78, 5) is 17.4. The summed E-state index contributed by atoms with van der Waals surface area (Å²) >= 11 is 0. The standard InChI is InChI=1S/C30H37N3O2/c1-24-10-9-12-25(22-24)27-13-4-3-11-26(27)23-31-30(34)16-7-8-17-32-18-20-33(21-19-32)28-14-5-6-15-29(28)35-2/h3-6,9-15,22H,7-8,16-21,23H2,1-2H3,(H,31,34). The first-order valence-corrected chi connectivity index (χ1v) is 12.7. The molecule has 0 radical (unpaired) electrons. The van der Waals surface area contributed by atoms with E-state index in [0.717, 1.165) is 56.9 Å². The molecule has 5 nitrogen and oxygen atoms in total. The quantitative estimate of drug-likeness (QED) is 0.409. The Labute approximate surface area is 209 Å². The number of amides is 1. The lowest BCUT2D eigenvalue weighted by molar-refractivity contribution is -0.121. The molecule has 0 unspecified atom stereocenters. The monoisotopic (exact) mass is 471 g/mol. The topological polar surface area (TPSA) is 44.8 Å². The highest BCUT2D eigenvalue weighted by molar-refractivity contribution is 5.76. The Bertz CT molecular complexity index is 1110. The molecule has 1 amide bonds. The second-order valence-corrected chi connectivity index (χ2v) is 9.26. The molecule has 0 saturated carbocycles. The second kappa shape index (κ2) is 12.4. The number of benzene rings is 3. The number of ether oxygens (including phenoxy) is 1. The van der Waals surface area contributed by atoms with E-state index in [1.165, 1.54) is 22.4 Å². The summed E-state index contributed by atoms with van der Waals surface area (Å²) in [5.41, 5.74) is 5.95. The maximum Gasteiger partial charge on any atom is 0.220 e. The molecule has 184 valence electrons. The number of methoxy groups -OCH3 is 1. The molecule has 0 atom stereocenters. The summed E-state index contributed by atoms with van der Waals surface area (Å²) < 4.78 is 5.52. The largest absolute Gasteiger partial charge is 0.495 e. The van der Waals surface area contributed by atoms with Crippen molar-refractivity contribution < 1.29 is 9.53 Å². The minimum atomic E-state index is 0.130. The highest BCUT2D eigenvalue weighted by atomic mass is 16.5. The van der Waals surface area contributed by atoms with Crippen LogP contribution in [0.2, 0.25) is 0 Å². The zero-order valence-electron chi connectivity index (χ0n) is 21.0. The normalized spacial score (nSPS) is 14.1. The van der Waals surface area contributed by atoms with E-state index < -0.39 is 0 Å². The molecule has 1 fully saturated rings. The van der Waals surface area contributed by atoms with Gasteiger partial charge in [-0.1, -0.05) is 66.2 Å². The summed E-state index contributed by atoms with van der Waals surface area (Å²) in [6, 6.07) is 25.1. The lowest BCUT2D eigenvalue weighted by Gasteiger charge is -2.36. The van der Waals surface area contributed by atoms with Gasteiger partial charge in [-0.15, -0.1) is 0 Å². The smallest absolute Gasteiger partial charge is 0.220 e. The van der Waals surface area contributed by atoms with Crippen LogP contribution in [0.4, 0.5) is 5.69 Å². The van der Waals surface area contributed by atoms with Crippen molar-refractivity contribution in [3.63, 3.8) is 0 Å². The average molecular weight is 472 g/mol. The van der Waals surface area contributed by atoms with Crippen LogP contribution in [-0.2, 0) is 11.3 Å². The molecule has 1 saturated heterocycles. The molecule has 1 heterocycles. The second-order valence-electron chi connectivity index (χ2n) is 9.26. The van der Waals surface area contributed by atoms with E-state index >= 15 is 0 Å². The number of para-hydroxylation sites is 2. The number of carbonyl (C=O) groups is 1. The number of hydrogen-bond donors (Lipinski definition) is 1. The van der Waals surface area contributed by atoms with Crippen LogP contribution in [0.15, 0.2) is 72.8 Å². The summed E-state index contributed by atoms with van der Waals surface area (Å²) in [6.45, 7) is 7.80. The van der Waals surface area contributed by atoms with Crippen LogP contribution in [0.5, 0.6) is 5.75 Å². The van der Waals surface area contributed by atoms with Crippen molar-refractivity contribution in [3.8, 4) is 16.9 Å². The average Bonchev–Trinajstić information content (AvgIpc) is 2.90. The zero-order valence-corrected chi connectivity index (χ0v) is 21.0. The third-order valence-electron chi connectivity index (χ3n) is 6.75. The molecular weight excluding hydrogens is 434 g/mol. The first kappa shape index (κ1) is 24.8. The Morgan fingerprint density at radius 3 is 2.49 bits per heavy atom. The number of aryl methyl sites for hydroxylation is 1. The van der Waals surface area contributed by atoms with E-state index in [9.17, 15) is 4.79 Å². The maximum atomic E-state index is 12.5. The van der Waals surface area contributed by atoms with Gasteiger partial charge in [-0.3, -0.25) is 9.69 Å². The first-order valence-electron chi connectivity index (χ1n) is 12.7. The van der Waals surface area contributed by atoms with Crippen molar-refractivity contribution in [1.29, 1.82) is 0 Å². The Morgan fingerprint density at radius 1 is 0.914 bits per heavy atom. The molecule has 0 bridgehead atoms. The first-order chi connectivity index (χ1) is 17.1. The predicted octanol–water partition coefficient (Wildman–Crippen LogP) is 5.28. The third kappa shape index (κ3) is 6.86. The van der Waals surface area contributed by atoms with Crippen LogP contribution in [-0.4, -0.2) is 50.6 Å². The van der Waals surface area contributed by atoms with Crippen molar-refractivity contribution in [1.82, 2.24) is 10.2 Å². The van der Waals surface area contributed by atoms with Crippen molar-refractivity contribution in [2.75, 3.05) is 44.7 Å². The molecule has 0 aliphatic carbocycles. The van der Waals surface area contributed by atoms with E-state index in [0.29, 0.717) is 13.0 Å².